The van der Waals surface area contributed by atoms with E-state index in [1.165, 1.54) is 96.8 Å². The molecule has 42 heavy (non-hydrogen) atoms. The Morgan fingerprint density at radius 2 is 1.31 bits per heavy atom. The Morgan fingerprint density at radius 3 is 2.05 bits per heavy atom. The predicted octanol–water partition coefficient (Wildman–Crippen LogP) is 10.2. The number of benzene rings is 4. The lowest BCUT2D eigenvalue weighted by Gasteiger charge is -2.13. The Morgan fingerprint density at radius 1 is 0.667 bits per heavy atom. The van der Waals surface area contributed by atoms with E-state index in [4.69, 9.17) is 17.6 Å². The van der Waals surface area contributed by atoms with Gasteiger partial charge in [0.25, 0.3) is 0 Å². The number of nitrogens with zero attached hydrogens (tertiary/aromatic N) is 2. The van der Waals surface area contributed by atoms with Crippen LogP contribution in [0.5, 0.6) is 5.75 Å². The van der Waals surface area contributed by atoms with Crippen molar-refractivity contribution in [3.05, 3.63) is 66.2 Å². The lowest BCUT2D eigenvalue weighted by atomic mass is 9.90. The van der Waals surface area contributed by atoms with Gasteiger partial charge in [0.05, 0.1) is 17.6 Å². The fourth-order valence-corrected chi connectivity index (χ4v) is 6.26. The van der Waals surface area contributed by atoms with Crippen molar-refractivity contribution in [1.29, 1.82) is 0 Å². The summed E-state index contributed by atoms with van der Waals surface area (Å²) in [6, 6.07) is 21.6. The van der Waals surface area contributed by atoms with Crippen molar-refractivity contribution < 1.29 is 4.74 Å². The third-order valence-electron chi connectivity index (χ3n) is 8.60. The molecule has 0 saturated carbocycles. The van der Waals surface area contributed by atoms with E-state index >= 15 is 0 Å². The topological polar surface area (TPSA) is 27.1 Å². The van der Waals surface area contributed by atoms with Crippen LogP contribution in [0.1, 0.15) is 96.5 Å². The monoisotopic (exact) mass is 558 g/mol. The molecule has 4 aromatic carbocycles. The highest BCUT2D eigenvalue weighted by molar-refractivity contribution is 6.35. The summed E-state index contributed by atoms with van der Waals surface area (Å²) in [6.07, 6.45) is 15.2. The number of rotatable bonds is 16. The second-order valence-corrected chi connectivity index (χ2v) is 12.0. The fraction of sp³-hybridized carbons (Fsp3) is 0.447. The predicted molar refractivity (Wildman–Crippen MR) is 183 cm³/mol. The summed E-state index contributed by atoms with van der Waals surface area (Å²) in [5.74, 6) is 1.96. The van der Waals surface area contributed by atoms with E-state index < -0.39 is 0 Å². The van der Waals surface area contributed by atoms with Crippen LogP contribution in [0.4, 0.5) is 0 Å². The normalized spacial score (nSPS) is 11.7. The van der Waals surface area contributed by atoms with Crippen molar-refractivity contribution in [3.8, 4) is 17.1 Å². The molecule has 0 saturated heterocycles. The van der Waals surface area contributed by atoms with Gasteiger partial charge >= 0.3 is 0 Å². The van der Waals surface area contributed by atoms with Crippen molar-refractivity contribution in [2.45, 2.75) is 104 Å². The van der Waals surface area contributed by atoms with E-state index in [0.717, 1.165) is 54.1 Å². The highest BCUT2D eigenvalue weighted by atomic mass is 16.5. The van der Waals surface area contributed by atoms with Gasteiger partial charge in [-0.15, -0.1) is 0 Å². The third kappa shape index (κ3) is 7.02. The largest absolute Gasteiger partial charge is 0.494 e. The van der Waals surface area contributed by atoms with Gasteiger partial charge in [0.2, 0.25) is 0 Å². The molecule has 5 rings (SSSR count). The van der Waals surface area contributed by atoms with Crippen molar-refractivity contribution in [2.75, 3.05) is 6.61 Å². The number of aromatic nitrogens is 2. The molecule has 1 aromatic heterocycles. The van der Waals surface area contributed by atoms with Crippen LogP contribution < -0.4 is 10.2 Å². The molecule has 1 heterocycles. The number of aryl methyl sites for hydroxylation is 2. The smallest absolute Gasteiger partial charge is 0.141 e. The Bertz CT molecular complexity index is 1600. The molecule has 0 bridgehead atoms. The Labute approximate surface area is 254 Å². The van der Waals surface area contributed by atoms with Crippen LogP contribution in [0.25, 0.3) is 44.0 Å². The fourth-order valence-electron chi connectivity index (χ4n) is 6.26. The Kier molecular flexibility index (Phi) is 10.6. The molecule has 0 aliphatic carbocycles. The van der Waals surface area contributed by atoms with Gasteiger partial charge in [0, 0.05) is 22.9 Å². The molecule has 3 nitrogen and oxygen atoms in total. The highest BCUT2D eigenvalue weighted by Crippen LogP contribution is 2.38. The second-order valence-electron chi connectivity index (χ2n) is 12.0. The average Bonchev–Trinajstić information content (AvgIpc) is 3.38. The highest BCUT2D eigenvalue weighted by Gasteiger charge is 2.19. The van der Waals surface area contributed by atoms with Crippen molar-refractivity contribution >= 4 is 45.9 Å². The molecule has 218 valence electrons. The van der Waals surface area contributed by atoms with E-state index in [-0.39, 0.29) is 0 Å². The molecule has 0 aliphatic heterocycles. The summed E-state index contributed by atoms with van der Waals surface area (Å²) >= 11 is 0. The molecule has 0 fully saturated rings. The first-order chi connectivity index (χ1) is 20.6. The summed E-state index contributed by atoms with van der Waals surface area (Å²) in [4.78, 5) is 5.38. The minimum Gasteiger partial charge on any atom is -0.494 e. The van der Waals surface area contributed by atoms with Gasteiger partial charge in [-0.2, -0.15) is 0 Å². The van der Waals surface area contributed by atoms with Gasteiger partial charge < -0.3 is 9.30 Å². The maximum Gasteiger partial charge on any atom is 0.141 e. The minimum atomic E-state index is 0.779. The summed E-state index contributed by atoms with van der Waals surface area (Å²) in [5, 5.41) is 4.87. The first kappa shape index (κ1) is 30.2. The first-order valence-corrected chi connectivity index (χ1v) is 16.5. The number of ether oxygens (including phenoxy) is 1. The van der Waals surface area contributed by atoms with Gasteiger partial charge in [0.15, 0.2) is 0 Å². The Hall–Kier alpha value is -3.27. The summed E-state index contributed by atoms with van der Waals surface area (Å²) in [6.45, 7) is 8.42. The third-order valence-corrected chi connectivity index (χ3v) is 8.60. The molecule has 2 radical (unpaired) electrons. The van der Waals surface area contributed by atoms with Crippen LogP contribution >= 0.6 is 0 Å². The van der Waals surface area contributed by atoms with Gasteiger partial charge in [-0.25, -0.2) is 4.98 Å². The number of hydrogen-bond acceptors (Lipinski definition) is 2. The summed E-state index contributed by atoms with van der Waals surface area (Å²) in [5.41, 5.74) is 5.42. The number of fused-ring (bicyclic) bond motifs is 6. The molecular formula is C38H47BN2O. The summed E-state index contributed by atoms with van der Waals surface area (Å²) < 4.78 is 8.57. The van der Waals surface area contributed by atoms with Gasteiger partial charge in [-0.05, 0) is 60.9 Å². The molecule has 4 heteroatoms. The van der Waals surface area contributed by atoms with Crippen LogP contribution in [0.3, 0.4) is 0 Å². The zero-order chi connectivity index (χ0) is 29.3. The maximum atomic E-state index is 6.37. The molecule has 0 atom stereocenters. The second kappa shape index (κ2) is 14.8. The maximum absolute atomic E-state index is 6.37. The zero-order valence-electron chi connectivity index (χ0n) is 26.1. The number of unbranched alkanes of at least 4 members (excludes halogenated alkanes) is 10. The standard InChI is InChI=1S/C38H47BN2O/c1-4-6-8-10-12-14-24-41-37-35-27-30(39)19-23-33(35)32-22-16-28(3)26-34(32)36(37)40-38(41)29-17-20-31(21-18-29)42-25-15-13-11-9-7-5-2/h16-23,26-27H,4-15,24-25H2,1-3H3. The Balaban J connectivity index is 1.50. The molecule has 0 amide bonds. The molecule has 5 aromatic rings. The van der Waals surface area contributed by atoms with E-state index in [1.807, 2.05) is 6.07 Å². The minimum absolute atomic E-state index is 0.779. The van der Waals surface area contributed by atoms with Crippen molar-refractivity contribution in [2.24, 2.45) is 0 Å². The van der Waals surface area contributed by atoms with Crippen LogP contribution in [0, 0.1) is 6.92 Å². The summed E-state index contributed by atoms with van der Waals surface area (Å²) in [7, 11) is 6.37. The number of hydrogen-bond donors (Lipinski definition) is 0. The van der Waals surface area contributed by atoms with Crippen LogP contribution in [-0.2, 0) is 6.54 Å². The van der Waals surface area contributed by atoms with Crippen molar-refractivity contribution in [3.63, 3.8) is 0 Å². The first-order valence-electron chi connectivity index (χ1n) is 16.5. The van der Waals surface area contributed by atoms with E-state index in [9.17, 15) is 0 Å². The van der Waals surface area contributed by atoms with Gasteiger partial charge in [-0.3, -0.25) is 0 Å². The van der Waals surface area contributed by atoms with E-state index in [1.54, 1.807) is 0 Å². The molecule has 0 unspecified atom stereocenters. The molecule has 0 aliphatic rings. The molecule has 0 spiro atoms. The van der Waals surface area contributed by atoms with E-state index in [0.29, 0.717) is 0 Å². The van der Waals surface area contributed by atoms with Crippen LogP contribution in [0.2, 0.25) is 0 Å². The van der Waals surface area contributed by atoms with Crippen LogP contribution in [0.15, 0.2) is 60.7 Å². The molecule has 0 N–H and O–H groups in total. The zero-order valence-corrected chi connectivity index (χ0v) is 26.1. The lowest BCUT2D eigenvalue weighted by molar-refractivity contribution is 0.304. The SMILES string of the molecule is [B]c1ccc2c3ccc(C)cc3c3nc(-c4ccc(OCCCCCCCC)cc4)n(CCCCCCCC)c3c2c1. The molecular weight excluding hydrogens is 511 g/mol. The quantitative estimate of drug-likeness (QED) is 0.0684. The van der Waals surface area contributed by atoms with Gasteiger partial charge in [0.1, 0.15) is 19.4 Å². The van der Waals surface area contributed by atoms with Crippen LogP contribution in [-0.4, -0.2) is 24.0 Å². The van der Waals surface area contributed by atoms with Gasteiger partial charge in [-0.1, -0.05) is 119 Å². The van der Waals surface area contributed by atoms with Crippen molar-refractivity contribution in [1.82, 2.24) is 9.55 Å². The van der Waals surface area contributed by atoms with E-state index in [2.05, 4.69) is 79.9 Å². The lowest BCUT2D eigenvalue weighted by Crippen LogP contribution is -2.04. The number of imidazole rings is 1. The average molecular weight is 559 g/mol.